The van der Waals surface area contributed by atoms with Crippen LogP contribution in [0.25, 0.3) is 0 Å². The van der Waals surface area contributed by atoms with Gasteiger partial charge in [0.15, 0.2) is 12.4 Å². The number of carbonyl (C=O) groups is 3. The number of hydrogen-bond acceptors (Lipinski definition) is 5. The molecule has 3 N–H and O–H groups in total. The molecule has 0 bridgehead atoms. The van der Waals surface area contributed by atoms with Crippen molar-refractivity contribution in [1.82, 2.24) is 0 Å². The molecular weight excluding hydrogens is 392 g/mol. The van der Waals surface area contributed by atoms with E-state index in [-0.39, 0.29) is 17.0 Å². The Morgan fingerprint density at radius 2 is 1.59 bits per heavy atom. The number of nitrogens with one attached hydrogen (secondary N) is 1. The van der Waals surface area contributed by atoms with Crippen molar-refractivity contribution < 1.29 is 19.1 Å². The van der Waals surface area contributed by atoms with Crippen LogP contribution in [0, 0.1) is 0 Å². The minimum absolute atomic E-state index is 0.180. The van der Waals surface area contributed by atoms with E-state index in [2.05, 4.69) is 5.32 Å². The highest BCUT2D eigenvalue weighted by Gasteiger charge is 2.16. The lowest BCUT2D eigenvalue weighted by Crippen LogP contribution is -2.22. The number of para-hydroxylation sites is 1. The van der Waals surface area contributed by atoms with Crippen LogP contribution in [0.2, 0.25) is 5.02 Å². The van der Waals surface area contributed by atoms with E-state index >= 15 is 0 Å². The molecule has 0 aliphatic heterocycles. The number of ether oxygens (including phenoxy) is 1. The number of nitrogens with two attached hydrogens (primary N) is 1. The Bertz CT molecular complexity index is 1070. The Balaban J connectivity index is 1.66. The van der Waals surface area contributed by atoms with Crippen LogP contribution in [0.1, 0.15) is 26.3 Å². The monoisotopic (exact) mass is 408 g/mol. The maximum Gasteiger partial charge on any atom is 0.338 e. The standard InChI is InChI=1S/C22H17ClN2O4/c23-17-11-10-15(12-18(17)24)22(28)29-13-20(26)25-19-9-5-4-8-16(19)21(27)14-6-2-1-3-7-14/h1-12H,13,24H2,(H,25,26). The molecule has 3 rings (SSSR count). The van der Waals surface area contributed by atoms with Crippen LogP contribution >= 0.6 is 11.6 Å². The molecule has 0 saturated carbocycles. The maximum absolute atomic E-state index is 12.7. The van der Waals surface area contributed by atoms with Crippen molar-refractivity contribution >= 4 is 40.6 Å². The van der Waals surface area contributed by atoms with Crippen molar-refractivity contribution in [2.45, 2.75) is 0 Å². The van der Waals surface area contributed by atoms with Crippen molar-refractivity contribution in [3.8, 4) is 0 Å². The van der Waals surface area contributed by atoms with Crippen LogP contribution < -0.4 is 11.1 Å². The molecular formula is C22H17ClN2O4. The van der Waals surface area contributed by atoms with Crippen molar-refractivity contribution in [3.63, 3.8) is 0 Å². The topological polar surface area (TPSA) is 98.5 Å². The molecule has 0 radical (unpaired) electrons. The first-order chi connectivity index (χ1) is 14.0. The predicted octanol–water partition coefficient (Wildman–Crippen LogP) is 3.95. The van der Waals surface area contributed by atoms with Crippen LogP contribution in [0.3, 0.4) is 0 Å². The van der Waals surface area contributed by atoms with Gasteiger partial charge in [-0.25, -0.2) is 4.79 Å². The molecule has 0 saturated heterocycles. The van der Waals surface area contributed by atoms with E-state index in [0.717, 1.165) is 0 Å². The number of nitrogen functional groups attached to an aromatic ring is 1. The van der Waals surface area contributed by atoms with Gasteiger partial charge in [0.05, 0.1) is 22.0 Å². The highest BCUT2D eigenvalue weighted by molar-refractivity contribution is 6.33. The summed E-state index contributed by atoms with van der Waals surface area (Å²) in [5, 5.41) is 2.92. The summed E-state index contributed by atoms with van der Waals surface area (Å²) in [6, 6.07) is 19.6. The van der Waals surface area contributed by atoms with Gasteiger partial charge in [0.25, 0.3) is 5.91 Å². The fourth-order valence-corrected chi connectivity index (χ4v) is 2.72. The zero-order valence-electron chi connectivity index (χ0n) is 15.2. The predicted molar refractivity (Wildman–Crippen MR) is 111 cm³/mol. The Morgan fingerprint density at radius 3 is 2.31 bits per heavy atom. The van der Waals surface area contributed by atoms with Crippen molar-refractivity contribution in [2.24, 2.45) is 0 Å². The largest absolute Gasteiger partial charge is 0.452 e. The van der Waals surface area contributed by atoms with E-state index < -0.39 is 18.5 Å². The smallest absolute Gasteiger partial charge is 0.338 e. The molecule has 0 heterocycles. The van der Waals surface area contributed by atoms with Crippen molar-refractivity contribution in [2.75, 3.05) is 17.7 Å². The summed E-state index contributed by atoms with van der Waals surface area (Å²) in [5.74, 6) is -1.51. The third-order valence-corrected chi connectivity index (χ3v) is 4.39. The molecule has 6 nitrogen and oxygen atoms in total. The Hall–Kier alpha value is -3.64. The fraction of sp³-hybridized carbons (Fsp3) is 0.0455. The van der Waals surface area contributed by atoms with Crippen LogP contribution in [-0.2, 0) is 9.53 Å². The highest BCUT2D eigenvalue weighted by atomic mass is 35.5. The first-order valence-corrected chi connectivity index (χ1v) is 9.04. The van der Waals surface area contributed by atoms with Crippen molar-refractivity contribution in [1.29, 1.82) is 0 Å². The summed E-state index contributed by atoms with van der Waals surface area (Å²) in [5.41, 5.74) is 7.24. The van der Waals surface area contributed by atoms with Crippen LogP contribution in [-0.4, -0.2) is 24.3 Å². The van der Waals surface area contributed by atoms with Gasteiger partial charge in [0, 0.05) is 11.1 Å². The second kappa shape index (κ2) is 9.03. The van der Waals surface area contributed by atoms with Crippen molar-refractivity contribution in [3.05, 3.63) is 94.5 Å². The summed E-state index contributed by atoms with van der Waals surface area (Å²) in [4.78, 5) is 37.0. The Labute approximate surface area is 172 Å². The lowest BCUT2D eigenvalue weighted by Gasteiger charge is -2.11. The molecule has 3 aromatic carbocycles. The van der Waals surface area contributed by atoms with Crippen LogP contribution in [0.4, 0.5) is 11.4 Å². The average molecular weight is 409 g/mol. The molecule has 1 amide bonds. The highest BCUT2D eigenvalue weighted by Crippen LogP contribution is 2.21. The normalized spacial score (nSPS) is 10.2. The number of hydrogen-bond donors (Lipinski definition) is 2. The second-order valence-corrected chi connectivity index (χ2v) is 6.51. The van der Waals surface area contributed by atoms with E-state index in [4.69, 9.17) is 22.1 Å². The number of esters is 1. The van der Waals surface area contributed by atoms with Gasteiger partial charge in [-0.05, 0) is 30.3 Å². The zero-order valence-corrected chi connectivity index (χ0v) is 16.0. The van der Waals surface area contributed by atoms with E-state index in [1.165, 1.54) is 18.2 Å². The molecule has 0 atom stereocenters. The van der Waals surface area contributed by atoms with Crippen LogP contribution in [0.5, 0.6) is 0 Å². The van der Waals surface area contributed by atoms with Gasteiger partial charge >= 0.3 is 5.97 Å². The summed E-state index contributed by atoms with van der Waals surface area (Å²) in [6.45, 7) is -0.519. The van der Waals surface area contributed by atoms with Gasteiger partial charge in [-0.3, -0.25) is 9.59 Å². The molecule has 3 aromatic rings. The SMILES string of the molecule is Nc1cc(C(=O)OCC(=O)Nc2ccccc2C(=O)c2ccccc2)ccc1Cl. The summed E-state index contributed by atoms with van der Waals surface area (Å²) in [7, 11) is 0. The third-order valence-electron chi connectivity index (χ3n) is 4.05. The summed E-state index contributed by atoms with van der Waals surface area (Å²) >= 11 is 5.82. The first-order valence-electron chi connectivity index (χ1n) is 8.66. The fourth-order valence-electron chi connectivity index (χ4n) is 2.61. The molecule has 0 aromatic heterocycles. The number of amides is 1. The number of rotatable bonds is 6. The van der Waals surface area contributed by atoms with Gasteiger partial charge in [-0.2, -0.15) is 0 Å². The summed E-state index contributed by atoms with van der Waals surface area (Å²) in [6.07, 6.45) is 0. The lowest BCUT2D eigenvalue weighted by molar-refractivity contribution is -0.119. The lowest BCUT2D eigenvalue weighted by atomic mass is 10.0. The Morgan fingerprint density at radius 1 is 0.897 bits per heavy atom. The minimum Gasteiger partial charge on any atom is -0.452 e. The van der Waals surface area contributed by atoms with E-state index in [9.17, 15) is 14.4 Å². The van der Waals surface area contributed by atoms with Crippen LogP contribution in [0.15, 0.2) is 72.8 Å². The first kappa shape index (κ1) is 20.1. The molecule has 0 spiro atoms. The minimum atomic E-state index is -0.711. The third kappa shape index (κ3) is 5.00. The molecule has 146 valence electrons. The van der Waals surface area contributed by atoms with Gasteiger partial charge in [-0.15, -0.1) is 0 Å². The van der Waals surface area contributed by atoms with Gasteiger partial charge < -0.3 is 15.8 Å². The number of benzene rings is 3. The second-order valence-electron chi connectivity index (χ2n) is 6.10. The molecule has 0 aliphatic rings. The zero-order chi connectivity index (χ0) is 20.8. The van der Waals surface area contributed by atoms with Gasteiger partial charge in [0.2, 0.25) is 0 Å². The molecule has 0 fully saturated rings. The van der Waals surface area contributed by atoms with Gasteiger partial charge in [0.1, 0.15) is 0 Å². The quantitative estimate of drug-likeness (QED) is 0.365. The van der Waals surface area contributed by atoms with Gasteiger partial charge in [-0.1, -0.05) is 54.1 Å². The Kier molecular flexibility index (Phi) is 6.26. The number of anilines is 2. The number of carbonyl (C=O) groups excluding carboxylic acids is 3. The number of halogens is 1. The van der Waals surface area contributed by atoms with E-state index in [1.807, 2.05) is 6.07 Å². The summed E-state index contributed by atoms with van der Waals surface area (Å²) < 4.78 is 5.01. The van der Waals surface area contributed by atoms with E-state index in [0.29, 0.717) is 21.8 Å². The average Bonchev–Trinajstić information content (AvgIpc) is 2.74. The molecule has 0 aliphatic carbocycles. The molecule has 7 heteroatoms. The molecule has 0 unspecified atom stereocenters. The number of ketones is 1. The molecule has 29 heavy (non-hydrogen) atoms. The van der Waals surface area contributed by atoms with E-state index in [1.54, 1.807) is 48.5 Å². The maximum atomic E-state index is 12.7.